The summed E-state index contributed by atoms with van der Waals surface area (Å²) in [6, 6.07) is 0. The number of terminal acetylenes is 1. The second kappa shape index (κ2) is 14.8. The molecule has 0 aliphatic heterocycles. The van der Waals surface area contributed by atoms with Gasteiger partial charge in [-0.05, 0) is 79.0 Å². The predicted octanol–water partition coefficient (Wildman–Crippen LogP) is 6.78. The van der Waals surface area contributed by atoms with E-state index in [1.54, 1.807) is 40.7 Å². The highest BCUT2D eigenvalue weighted by Crippen LogP contribution is 2.36. The van der Waals surface area contributed by atoms with Gasteiger partial charge >= 0.3 is 12.1 Å². The molecule has 0 saturated carbocycles. The van der Waals surface area contributed by atoms with Gasteiger partial charge in [-0.2, -0.15) is 0 Å². The predicted molar refractivity (Wildman–Crippen MR) is 133 cm³/mol. The van der Waals surface area contributed by atoms with Crippen LogP contribution in [0.15, 0.2) is 32.9 Å². The second-order valence-corrected chi connectivity index (χ2v) is 8.70. The normalized spacial score (nSPS) is 11.3. The Kier molecular flexibility index (Phi) is 13.8. The fourth-order valence-electron chi connectivity index (χ4n) is 2.24. The zero-order valence-corrected chi connectivity index (χ0v) is 22.3. The molecule has 0 aliphatic rings. The number of hydrogen-bond donors (Lipinski definition) is 1. The third-order valence-corrected chi connectivity index (χ3v) is 4.98. The van der Waals surface area contributed by atoms with Crippen molar-refractivity contribution in [2.45, 2.75) is 53.6 Å². The molecule has 1 rings (SSSR count). The van der Waals surface area contributed by atoms with E-state index in [1.807, 2.05) is 13.0 Å². The van der Waals surface area contributed by atoms with Crippen LogP contribution in [0.4, 0.5) is 14.9 Å². The molecule has 0 saturated heterocycles. The van der Waals surface area contributed by atoms with Crippen molar-refractivity contribution in [1.82, 2.24) is 4.98 Å². The molecule has 1 amide bonds. The van der Waals surface area contributed by atoms with Gasteiger partial charge in [0, 0.05) is 16.5 Å². The molecule has 176 valence electrons. The number of nitrogens with zero attached hydrogens (tertiary/aromatic N) is 1. The van der Waals surface area contributed by atoms with E-state index in [0.29, 0.717) is 21.1 Å². The number of halogens is 3. The highest BCUT2D eigenvalue weighted by molar-refractivity contribution is 9.11. The lowest BCUT2D eigenvalue weighted by molar-refractivity contribution is 0.0520. The van der Waals surface area contributed by atoms with E-state index >= 15 is 0 Å². The smallest absolute Gasteiger partial charge is 0.412 e. The maximum atomic E-state index is 12.5. The molecule has 0 atom stereocenters. The number of amides is 1. The molecule has 9 heteroatoms. The highest BCUT2D eigenvalue weighted by Gasteiger charge is 2.26. The van der Waals surface area contributed by atoms with Crippen LogP contribution in [0.1, 0.15) is 57.6 Å². The Hall–Kier alpha value is -2.18. The van der Waals surface area contributed by atoms with E-state index in [2.05, 4.69) is 54.5 Å². The van der Waals surface area contributed by atoms with E-state index in [9.17, 15) is 14.0 Å². The third-order valence-electron chi connectivity index (χ3n) is 3.45. The Bertz CT molecular complexity index is 901. The van der Waals surface area contributed by atoms with Crippen molar-refractivity contribution in [3.8, 4) is 12.3 Å². The summed E-state index contributed by atoms with van der Waals surface area (Å²) in [5.74, 6) is 1.56. The Morgan fingerprint density at radius 1 is 1.31 bits per heavy atom. The molecule has 0 spiro atoms. The van der Waals surface area contributed by atoms with Gasteiger partial charge in [0.25, 0.3) is 0 Å². The molecule has 1 aromatic heterocycles. The topological polar surface area (TPSA) is 77.5 Å². The molecule has 0 fully saturated rings. The summed E-state index contributed by atoms with van der Waals surface area (Å²) >= 11 is 6.84. The molecule has 32 heavy (non-hydrogen) atoms. The monoisotopic (exact) mass is 574 g/mol. The Balaban J connectivity index is 0.00000302. The van der Waals surface area contributed by atoms with Crippen LogP contribution in [-0.4, -0.2) is 35.9 Å². The van der Waals surface area contributed by atoms with E-state index in [0.717, 1.165) is 5.57 Å². The van der Waals surface area contributed by atoms with Crippen LogP contribution in [0.25, 0.3) is 0 Å². The SMILES string of the molecule is C#CC.C/C=C(\C=C/CF)Cc1c(Br)nc(C(=O)OCC)c(NC(=O)OC(C)(C)C)c1Br. The Morgan fingerprint density at radius 3 is 2.38 bits per heavy atom. The number of esters is 1. The number of aromatic nitrogens is 1. The summed E-state index contributed by atoms with van der Waals surface area (Å²) in [6.07, 6.45) is 9.15. The quantitative estimate of drug-likeness (QED) is 0.168. The molecule has 0 aromatic carbocycles. The van der Waals surface area contributed by atoms with Crippen molar-refractivity contribution in [2.75, 3.05) is 18.6 Å². The van der Waals surface area contributed by atoms with Crippen molar-refractivity contribution in [2.24, 2.45) is 0 Å². The number of anilines is 1. The first kappa shape index (κ1) is 29.8. The van der Waals surface area contributed by atoms with Crippen molar-refractivity contribution in [1.29, 1.82) is 0 Å². The number of alkyl halides is 1. The fraction of sp³-hybridized carbons (Fsp3) is 0.435. The van der Waals surface area contributed by atoms with Gasteiger partial charge in [0.05, 0.1) is 12.3 Å². The summed E-state index contributed by atoms with van der Waals surface area (Å²) in [7, 11) is 0. The lowest BCUT2D eigenvalue weighted by Gasteiger charge is -2.21. The summed E-state index contributed by atoms with van der Waals surface area (Å²) in [4.78, 5) is 29.0. The van der Waals surface area contributed by atoms with Gasteiger partial charge < -0.3 is 9.47 Å². The number of pyridine rings is 1. The highest BCUT2D eigenvalue weighted by atomic mass is 79.9. The molecule has 0 bridgehead atoms. The first-order chi connectivity index (χ1) is 14.9. The number of carbonyl (C=O) groups excluding carboxylic acids is 2. The maximum Gasteiger partial charge on any atom is 0.412 e. The van der Waals surface area contributed by atoms with Crippen LogP contribution in [0.3, 0.4) is 0 Å². The van der Waals surface area contributed by atoms with Crippen LogP contribution >= 0.6 is 31.9 Å². The minimum absolute atomic E-state index is 0.0680. The molecule has 0 radical (unpaired) electrons. The Morgan fingerprint density at radius 2 is 1.91 bits per heavy atom. The van der Waals surface area contributed by atoms with Crippen LogP contribution in [-0.2, 0) is 15.9 Å². The van der Waals surface area contributed by atoms with Gasteiger partial charge in [0.2, 0.25) is 0 Å². The first-order valence-corrected chi connectivity index (χ1v) is 11.3. The number of ether oxygens (including phenoxy) is 2. The van der Waals surface area contributed by atoms with E-state index in [4.69, 9.17) is 9.47 Å². The van der Waals surface area contributed by atoms with E-state index < -0.39 is 24.3 Å². The Labute approximate surface area is 206 Å². The van der Waals surface area contributed by atoms with Gasteiger partial charge in [-0.15, -0.1) is 12.3 Å². The molecule has 0 aliphatic carbocycles. The van der Waals surface area contributed by atoms with Crippen molar-refractivity contribution >= 4 is 49.6 Å². The van der Waals surface area contributed by atoms with Crippen LogP contribution < -0.4 is 5.32 Å². The minimum Gasteiger partial charge on any atom is -0.461 e. The molecule has 1 aromatic rings. The molecule has 0 unspecified atom stereocenters. The molecule has 1 N–H and O–H groups in total. The summed E-state index contributed by atoms with van der Waals surface area (Å²) < 4.78 is 23.7. The average molecular weight is 576 g/mol. The van der Waals surface area contributed by atoms with Crippen LogP contribution in [0.5, 0.6) is 0 Å². The van der Waals surface area contributed by atoms with Crippen molar-refractivity contribution < 1.29 is 23.5 Å². The van der Waals surface area contributed by atoms with Gasteiger partial charge in [-0.1, -0.05) is 18.2 Å². The summed E-state index contributed by atoms with van der Waals surface area (Å²) in [5.41, 5.74) is 0.850. The number of nitrogens with one attached hydrogen (secondary N) is 1. The number of allylic oxidation sites excluding steroid dienone is 4. The van der Waals surface area contributed by atoms with Gasteiger partial charge in [-0.3, -0.25) is 5.32 Å². The zero-order valence-electron chi connectivity index (χ0n) is 19.1. The lowest BCUT2D eigenvalue weighted by atomic mass is 10.0. The van der Waals surface area contributed by atoms with Crippen molar-refractivity contribution in [3.05, 3.63) is 44.1 Å². The number of rotatable bonds is 7. The van der Waals surface area contributed by atoms with E-state index in [1.165, 1.54) is 6.08 Å². The van der Waals surface area contributed by atoms with Crippen LogP contribution in [0, 0.1) is 12.3 Å². The molecule has 1 heterocycles. The maximum absolute atomic E-state index is 12.5. The molecular weight excluding hydrogens is 547 g/mol. The largest absolute Gasteiger partial charge is 0.461 e. The third kappa shape index (κ3) is 10.4. The summed E-state index contributed by atoms with van der Waals surface area (Å²) in [5, 5.41) is 2.59. The first-order valence-electron chi connectivity index (χ1n) is 9.75. The minimum atomic E-state index is -0.734. The fourth-order valence-corrected chi connectivity index (χ4v) is 3.64. The lowest BCUT2D eigenvalue weighted by Crippen LogP contribution is -2.28. The average Bonchev–Trinajstić information content (AvgIpc) is 2.68. The van der Waals surface area contributed by atoms with Crippen molar-refractivity contribution in [3.63, 3.8) is 0 Å². The van der Waals surface area contributed by atoms with Gasteiger partial charge in [-0.25, -0.2) is 19.0 Å². The number of carbonyl (C=O) groups is 2. The zero-order chi connectivity index (χ0) is 24.9. The molecular formula is C23H29Br2FN2O4. The summed E-state index contributed by atoms with van der Waals surface area (Å²) in [6.45, 7) is 9.93. The standard InChI is InChI=1S/C20H25Br2FN2O4.C3H4/c1-6-12(9-8-10-23)11-13-14(21)15(25-19(27)29-20(3,4)5)16(24-17(13)22)18(26)28-7-2;1-3-2/h6,8-9H,7,10-11H2,1-5H3,(H,25,27);1H,2H3/b9-8-,12-6+;. The van der Waals surface area contributed by atoms with Gasteiger partial charge in [0.15, 0.2) is 5.69 Å². The van der Waals surface area contributed by atoms with E-state index in [-0.39, 0.29) is 18.0 Å². The van der Waals surface area contributed by atoms with Gasteiger partial charge in [0.1, 0.15) is 16.9 Å². The van der Waals surface area contributed by atoms with Crippen LogP contribution in [0.2, 0.25) is 0 Å². The second-order valence-electron chi connectivity index (χ2n) is 7.15. The molecule has 6 nitrogen and oxygen atoms in total. The number of hydrogen-bond acceptors (Lipinski definition) is 5.